The number of amides is 1. The van der Waals surface area contributed by atoms with Crippen molar-refractivity contribution in [3.63, 3.8) is 0 Å². The van der Waals surface area contributed by atoms with E-state index in [0.29, 0.717) is 12.0 Å². The SMILES string of the molecule is CN(Cc1ccc(F)cc1F)C(=O)CC1CSCCN1. The molecule has 1 N–H and O–H groups in total. The quantitative estimate of drug-likeness (QED) is 0.923. The zero-order valence-corrected chi connectivity index (χ0v) is 12.2. The standard InChI is InChI=1S/C14H18F2N2OS/c1-18(8-10-2-3-11(15)6-13(10)16)14(19)7-12-9-20-5-4-17-12/h2-3,6,12,17H,4-5,7-9H2,1H3. The summed E-state index contributed by atoms with van der Waals surface area (Å²) in [5.41, 5.74) is 0.327. The van der Waals surface area contributed by atoms with E-state index in [1.807, 2.05) is 11.8 Å². The fourth-order valence-electron chi connectivity index (χ4n) is 2.11. The minimum Gasteiger partial charge on any atom is -0.341 e. The van der Waals surface area contributed by atoms with Crippen LogP contribution in [0.1, 0.15) is 12.0 Å². The molecular weight excluding hydrogens is 282 g/mol. The van der Waals surface area contributed by atoms with Crippen LogP contribution in [-0.4, -0.2) is 41.9 Å². The molecule has 2 rings (SSSR count). The maximum Gasteiger partial charge on any atom is 0.224 e. The van der Waals surface area contributed by atoms with Crippen molar-refractivity contribution >= 4 is 17.7 Å². The van der Waals surface area contributed by atoms with Crippen LogP contribution < -0.4 is 5.32 Å². The molecule has 110 valence electrons. The molecule has 1 atom stereocenters. The number of benzene rings is 1. The summed E-state index contributed by atoms with van der Waals surface area (Å²) in [5.74, 6) is 0.736. The van der Waals surface area contributed by atoms with Gasteiger partial charge in [-0.3, -0.25) is 4.79 Å². The number of carbonyl (C=O) groups excluding carboxylic acids is 1. The van der Waals surface area contributed by atoms with Crippen LogP contribution in [0.3, 0.4) is 0 Å². The summed E-state index contributed by atoms with van der Waals surface area (Å²) in [6.07, 6.45) is 0.409. The molecule has 0 spiro atoms. The number of nitrogens with one attached hydrogen (secondary N) is 1. The minimum atomic E-state index is -0.615. The van der Waals surface area contributed by atoms with E-state index >= 15 is 0 Å². The number of thioether (sulfide) groups is 1. The molecule has 0 radical (unpaired) electrons. The van der Waals surface area contributed by atoms with Gasteiger partial charge in [-0.1, -0.05) is 6.07 Å². The van der Waals surface area contributed by atoms with Gasteiger partial charge in [0.2, 0.25) is 5.91 Å². The summed E-state index contributed by atoms with van der Waals surface area (Å²) in [5, 5.41) is 3.30. The first-order valence-electron chi connectivity index (χ1n) is 6.55. The molecule has 1 heterocycles. The van der Waals surface area contributed by atoms with Crippen molar-refractivity contribution in [3.05, 3.63) is 35.4 Å². The molecule has 0 bridgehead atoms. The Morgan fingerprint density at radius 2 is 2.30 bits per heavy atom. The molecule has 20 heavy (non-hydrogen) atoms. The summed E-state index contributed by atoms with van der Waals surface area (Å²) < 4.78 is 26.4. The zero-order valence-electron chi connectivity index (χ0n) is 11.4. The van der Waals surface area contributed by atoms with Crippen LogP contribution in [0.4, 0.5) is 8.78 Å². The van der Waals surface area contributed by atoms with E-state index in [2.05, 4.69) is 5.32 Å². The Balaban J connectivity index is 1.89. The highest BCUT2D eigenvalue weighted by Crippen LogP contribution is 2.14. The smallest absolute Gasteiger partial charge is 0.224 e. The van der Waals surface area contributed by atoms with Gasteiger partial charge in [0.25, 0.3) is 0 Å². The van der Waals surface area contributed by atoms with Crippen molar-refractivity contribution in [3.8, 4) is 0 Å². The van der Waals surface area contributed by atoms with Crippen LogP contribution in [-0.2, 0) is 11.3 Å². The molecule has 1 amide bonds. The normalized spacial score (nSPS) is 18.9. The highest BCUT2D eigenvalue weighted by atomic mass is 32.2. The lowest BCUT2D eigenvalue weighted by Gasteiger charge is -2.25. The van der Waals surface area contributed by atoms with Crippen LogP contribution in [0.25, 0.3) is 0 Å². The van der Waals surface area contributed by atoms with Gasteiger partial charge in [0, 0.05) is 55.7 Å². The van der Waals surface area contributed by atoms with Gasteiger partial charge >= 0.3 is 0 Å². The van der Waals surface area contributed by atoms with Crippen LogP contribution in [0, 0.1) is 11.6 Å². The van der Waals surface area contributed by atoms with Crippen molar-refractivity contribution in [1.29, 1.82) is 0 Å². The molecule has 1 saturated heterocycles. The lowest BCUT2D eigenvalue weighted by atomic mass is 10.1. The van der Waals surface area contributed by atoms with E-state index in [9.17, 15) is 13.6 Å². The highest BCUT2D eigenvalue weighted by Gasteiger charge is 2.19. The van der Waals surface area contributed by atoms with Gasteiger partial charge in [-0.15, -0.1) is 0 Å². The number of hydrogen-bond donors (Lipinski definition) is 1. The minimum absolute atomic E-state index is 0.0336. The third kappa shape index (κ3) is 4.18. The second-order valence-corrected chi connectivity index (χ2v) is 6.07. The Morgan fingerprint density at radius 1 is 1.50 bits per heavy atom. The Hall–Kier alpha value is -1.14. The van der Waals surface area contributed by atoms with Crippen molar-refractivity contribution < 1.29 is 13.6 Å². The lowest BCUT2D eigenvalue weighted by molar-refractivity contribution is -0.130. The highest BCUT2D eigenvalue weighted by molar-refractivity contribution is 7.99. The zero-order chi connectivity index (χ0) is 14.5. The fraction of sp³-hybridized carbons (Fsp3) is 0.500. The molecule has 1 aliphatic rings. The number of rotatable bonds is 4. The second-order valence-electron chi connectivity index (χ2n) is 4.92. The van der Waals surface area contributed by atoms with Gasteiger partial charge in [-0.05, 0) is 6.07 Å². The summed E-state index contributed by atoms with van der Waals surface area (Å²) in [6, 6.07) is 3.61. The lowest BCUT2D eigenvalue weighted by Crippen LogP contribution is -2.41. The third-order valence-corrected chi connectivity index (χ3v) is 4.40. The van der Waals surface area contributed by atoms with Gasteiger partial charge in [0.15, 0.2) is 0 Å². The molecular formula is C14H18F2N2OS. The maximum absolute atomic E-state index is 13.5. The van der Waals surface area contributed by atoms with E-state index in [4.69, 9.17) is 0 Å². The number of halogens is 2. The predicted molar refractivity (Wildman–Crippen MR) is 76.6 cm³/mol. The maximum atomic E-state index is 13.5. The van der Waals surface area contributed by atoms with Crippen molar-refractivity contribution in [1.82, 2.24) is 10.2 Å². The molecule has 1 unspecified atom stereocenters. The van der Waals surface area contributed by atoms with E-state index in [1.165, 1.54) is 17.0 Å². The molecule has 0 saturated carbocycles. The third-order valence-electron chi connectivity index (χ3n) is 3.27. The molecule has 1 aromatic carbocycles. The first kappa shape index (κ1) is 15.3. The van der Waals surface area contributed by atoms with Gasteiger partial charge in [0.05, 0.1) is 0 Å². The van der Waals surface area contributed by atoms with Crippen molar-refractivity contribution in [2.45, 2.75) is 19.0 Å². The van der Waals surface area contributed by atoms with Crippen molar-refractivity contribution in [2.24, 2.45) is 0 Å². The molecule has 6 heteroatoms. The first-order valence-corrected chi connectivity index (χ1v) is 7.71. The van der Waals surface area contributed by atoms with Crippen LogP contribution in [0.2, 0.25) is 0 Å². The van der Waals surface area contributed by atoms with Gasteiger partial charge in [0.1, 0.15) is 11.6 Å². The summed E-state index contributed by atoms with van der Waals surface area (Å²) in [6.45, 7) is 1.07. The van der Waals surface area contributed by atoms with E-state index < -0.39 is 11.6 Å². The largest absolute Gasteiger partial charge is 0.341 e. The predicted octanol–water partition coefficient (Wildman–Crippen LogP) is 2.02. The van der Waals surface area contributed by atoms with E-state index in [-0.39, 0.29) is 18.5 Å². The molecule has 3 nitrogen and oxygen atoms in total. The molecule has 0 aliphatic carbocycles. The Labute approximate surface area is 121 Å². The fourth-order valence-corrected chi connectivity index (χ4v) is 3.06. The van der Waals surface area contributed by atoms with E-state index in [1.54, 1.807) is 7.05 Å². The first-order chi connectivity index (χ1) is 9.56. The summed E-state index contributed by atoms with van der Waals surface area (Å²) in [4.78, 5) is 13.6. The Bertz CT molecular complexity index is 478. The molecule has 1 aromatic rings. The topological polar surface area (TPSA) is 32.3 Å². The average molecular weight is 300 g/mol. The monoisotopic (exact) mass is 300 g/mol. The average Bonchev–Trinajstić information content (AvgIpc) is 2.43. The second kappa shape index (κ2) is 7.04. The van der Waals surface area contributed by atoms with Crippen LogP contribution in [0.5, 0.6) is 0 Å². The Kier molecular flexibility index (Phi) is 5.37. The Morgan fingerprint density at radius 3 is 2.95 bits per heavy atom. The van der Waals surface area contributed by atoms with Crippen molar-refractivity contribution in [2.75, 3.05) is 25.1 Å². The summed E-state index contributed by atoms with van der Waals surface area (Å²) in [7, 11) is 1.64. The van der Waals surface area contributed by atoms with Gasteiger partial charge in [-0.2, -0.15) is 11.8 Å². The summed E-state index contributed by atoms with van der Waals surface area (Å²) >= 11 is 1.83. The molecule has 1 fully saturated rings. The van der Waals surface area contributed by atoms with Gasteiger partial charge in [-0.25, -0.2) is 8.78 Å². The van der Waals surface area contributed by atoms with E-state index in [0.717, 1.165) is 24.1 Å². The number of carbonyl (C=O) groups is 1. The van der Waals surface area contributed by atoms with Gasteiger partial charge < -0.3 is 10.2 Å². The van der Waals surface area contributed by atoms with Crippen LogP contribution >= 0.6 is 11.8 Å². The molecule has 1 aliphatic heterocycles. The molecule has 0 aromatic heterocycles. The number of hydrogen-bond acceptors (Lipinski definition) is 3. The van der Waals surface area contributed by atoms with Crippen LogP contribution in [0.15, 0.2) is 18.2 Å². The number of nitrogens with zero attached hydrogens (tertiary/aromatic N) is 1.